The van der Waals surface area contributed by atoms with Gasteiger partial charge in [0, 0.05) is 4.48 Å². The lowest BCUT2D eigenvalue weighted by Crippen LogP contribution is -1.81. The summed E-state index contributed by atoms with van der Waals surface area (Å²) in [5.41, 5.74) is 3.14. The summed E-state index contributed by atoms with van der Waals surface area (Å²) in [4.78, 5) is 0. The molecule has 56 valence electrons. The minimum Gasteiger partial charge on any atom is -0.0659 e. The van der Waals surface area contributed by atoms with Crippen LogP contribution in [0.1, 0.15) is 33.1 Å². The Hall–Kier alpha value is -0.0400. The molecule has 0 nitrogen and oxygen atoms in total. The Labute approximate surface area is 71.1 Å². The van der Waals surface area contributed by atoms with E-state index in [4.69, 9.17) is 0 Å². The van der Waals surface area contributed by atoms with Crippen molar-refractivity contribution in [2.45, 2.75) is 33.1 Å². The quantitative estimate of drug-likeness (QED) is 0.637. The number of hydrogen-bond donors (Lipinski definition) is 0. The normalized spacial score (nSPS) is 18.1. The summed E-state index contributed by atoms with van der Waals surface area (Å²) in [5, 5.41) is 0. The summed E-state index contributed by atoms with van der Waals surface area (Å²) < 4.78 is 1.33. The van der Waals surface area contributed by atoms with Crippen LogP contribution >= 0.6 is 15.9 Å². The molecule has 0 saturated heterocycles. The van der Waals surface area contributed by atoms with E-state index in [-0.39, 0.29) is 0 Å². The lowest BCUT2D eigenvalue weighted by Gasteiger charge is -2.01. The van der Waals surface area contributed by atoms with E-state index in [9.17, 15) is 0 Å². The molecule has 1 heteroatoms. The van der Waals surface area contributed by atoms with Crippen molar-refractivity contribution in [1.29, 1.82) is 0 Å². The largest absolute Gasteiger partial charge is 0.0659 e. The monoisotopic (exact) mass is 200 g/mol. The van der Waals surface area contributed by atoms with Gasteiger partial charge >= 0.3 is 0 Å². The average Bonchev–Trinajstić information content (AvgIpc) is 2.30. The Bertz CT molecular complexity index is 187. The summed E-state index contributed by atoms with van der Waals surface area (Å²) in [7, 11) is 0. The molecule has 1 aliphatic rings. The van der Waals surface area contributed by atoms with Gasteiger partial charge in [0.05, 0.1) is 0 Å². The first-order valence-corrected chi connectivity index (χ1v) is 4.65. The first-order chi connectivity index (χ1) is 4.79. The summed E-state index contributed by atoms with van der Waals surface area (Å²) in [6.07, 6.45) is 5.80. The zero-order valence-corrected chi connectivity index (χ0v) is 8.16. The molecule has 0 fully saturated rings. The van der Waals surface area contributed by atoms with Crippen molar-refractivity contribution in [2.24, 2.45) is 0 Å². The van der Waals surface area contributed by atoms with Gasteiger partial charge in [-0.3, -0.25) is 0 Å². The van der Waals surface area contributed by atoms with E-state index in [0.717, 1.165) is 0 Å². The van der Waals surface area contributed by atoms with Crippen LogP contribution in [0.4, 0.5) is 0 Å². The molecule has 0 aromatic heterocycles. The Morgan fingerprint density at radius 1 is 1.40 bits per heavy atom. The van der Waals surface area contributed by atoms with Crippen molar-refractivity contribution in [3.05, 3.63) is 21.7 Å². The van der Waals surface area contributed by atoms with Gasteiger partial charge in [0.1, 0.15) is 0 Å². The van der Waals surface area contributed by atoms with Crippen molar-refractivity contribution in [3.8, 4) is 0 Å². The van der Waals surface area contributed by atoms with Crippen molar-refractivity contribution in [2.75, 3.05) is 0 Å². The Morgan fingerprint density at radius 2 is 2.10 bits per heavy atom. The molecule has 0 aromatic rings. The fourth-order valence-electron chi connectivity index (χ4n) is 1.40. The highest BCUT2D eigenvalue weighted by atomic mass is 79.9. The summed E-state index contributed by atoms with van der Waals surface area (Å²) in [6.45, 7) is 4.44. The first-order valence-electron chi connectivity index (χ1n) is 3.86. The van der Waals surface area contributed by atoms with Crippen LogP contribution in [-0.4, -0.2) is 0 Å². The highest BCUT2D eigenvalue weighted by Crippen LogP contribution is 2.33. The third kappa shape index (κ3) is 1.34. The topological polar surface area (TPSA) is 0 Å². The predicted octanol–water partition coefficient (Wildman–Crippen LogP) is 3.79. The molecule has 0 aliphatic heterocycles. The molecule has 10 heavy (non-hydrogen) atoms. The van der Waals surface area contributed by atoms with Gasteiger partial charge in [0.2, 0.25) is 0 Å². The zero-order valence-electron chi connectivity index (χ0n) is 6.58. The molecule has 0 amide bonds. The van der Waals surface area contributed by atoms with Gasteiger partial charge in [-0.05, 0) is 24.8 Å². The van der Waals surface area contributed by atoms with E-state index in [0.29, 0.717) is 0 Å². The van der Waals surface area contributed by atoms with Crippen LogP contribution in [-0.2, 0) is 0 Å². The molecule has 0 heterocycles. The number of rotatable bonds is 2. The summed E-state index contributed by atoms with van der Waals surface area (Å²) in [5.74, 6) is 0. The molecule has 0 saturated carbocycles. The predicted molar refractivity (Wildman–Crippen MR) is 49.2 cm³/mol. The maximum atomic E-state index is 3.55. The van der Waals surface area contributed by atoms with Crippen molar-refractivity contribution in [3.63, 3.8) is 0 Å². The van der Waals surface area contributed by atoms with Crippen molar-refractivity contribution < 1.29 is 0 Å². The molecule has 1 aliphatic carbocycles. The van der Waals surface area contributed by atoms with E-state index in [1.165, 1.54) is 29.3 Å². The fourth-order valence-corrected chi connectivity index (χ4v) is 2.13. The van der Waals surface area contributed by atoms with Crippen LogP contribution in [0.3, 0.4) is 0 Å². The smallest absolute Gasteiger partial charge is 0.0170 e. The molecule has 0 unspecified atom stereocenters. The lowest BCUT2D eigenvalue weighted by atomic mass is 10.1. The van der Waals surface area contributed by atoms with Crippen LogP contribution < -0.4 is 0 Å². The highest BCUT2D eigenvalue weighted by Gasteiger charge is 2.11. The maximum Gasteiger partial charge on any atom is 0.0170 e. The van der Waals surface area contributed by atoms with Gasteiger partial charge in [0.15, 0.2) is 0 Å². The van der Waals surface area contributed by atoms with Crippen LogP contribution in [0.25, 0.3) is 0 Å². The van der Waals surface area contributed by atoms with Gasteiger partial charge in [-0.1, -0.05) is 41.4 Å². The standard InChI is InChI=1S/C9H13Br/c1-3-7-5-6-9(10)8(7)4-2/h6H,3-5H2,1-2H3. The average molecular weight is 201 g/mol. The van der Waals surface area contributed by atoms with Gasteiger partial charge < -0.3 is 0 Å². The summed E-state index contributed by atoms with van der Waals surface area (Å²) in [6, 6.07) is 0. The lowest BCUT2D eigenvalue weighted by molar-refractivity contribution is 0.997. The minimum absolute atomic E-state index is 1.17. The van der Waals surface area contributed by atoms with Gasteiger partial charge in [-0.25, -0.2) is 0 Å². The van der Waals surface area contributed by atoms with E-state index in [1.807, 2.05) is 0 Å². The maximum absolute atomic E-state index is 3.55. The Morgan fingerprint density at radius 3 is 2.50 bits per heavy atom. The van der Waals surface area contributed by atoms with Gasteiger partial charge in [-0.2, -0.15) is 0 Å². The SMILES string of the molecule is CCC1=C(CC)C(Br)=CC1. The molecule has 0 spiro atoms. The second-order valence-electron chi connectivity index (χ2n) is 2.55. The second-order valence-corrected chi connectivity index (χ2v) is 3.40. The number of allylic oxidation sites excluding steroid dienone is 4. The molecular formula is C9H13Br. The van der Waals surface area contributed by atoms with Crippen molar-refractivity contribution in [1.82, 2.24) is 0 Å². The van der Waals surface area contributed by atoms with Crippen molar-refractivity contribution >= 4 is 15.9 Å². The van der Waals surface area contributed by atoms with E-state index < -0.39 is 0 Å². The molecule has 0 radical (unpaired) electrons. The van der Waals surface area contributed by atoms with Gasteiger partial charge in [0.25, 0.3) is 0 Å². The molecule has 0 bridgehead atoms. The zero-order chi connectivity index (χ0) is 7.56. The van der Waals surface area contributed by atoms with E-state index >= 15 is 0 Å². The molecule has 0 aromatic carbocycles. The fraction of sp³-hybridized carbons (Fsp3) is 0.556. The highest BCUT2D eigenvalue weighted by molar-refractivity contribution is 9.12. The molecular weight excluding hydrogens is 188 g/mol. The Kier molecular flexibility index (Phi) is 2.72. The van der Waals surface area contributed by atoms with Crippen LogP contribution in [0.2, 0.25) is 0 Å². The minimum atomic E-state index is 1.17. The second kappa shape index (κ2) is 3.38. The molecule has 1 rings (SSSR count). The third-order valence-corrected chi connectivity index (χ3v) is 2.83. The van der Waals surface area contributed by atoms with Crippen LogP contribution in [0.15, 0.2) is 21.7 Å². The summed E-state index contributed by atoms with van der Waals surface area (Å²) >= 11 is 3.55. The molecule has 0 N–H and O–H groups in total. The molecule has 0 atom stereocenters. The van der Waals surface area contributed by atoms with Crippen LogP contribution in [0, 0.1) is 0 Å². The van der Waals surface area contributed by atoms with E-state index in [1.54, 1.807) is 5.57 Å². The van der Waals surface area contributed by atoms with Gasteiger partial charge in [-0.15, -0.1) is 0 Å². The first kappa shape index (κ1) is 8.06. The number of hydrogen-bond acceptors (Lipinski definition) is 0. The van der Waals surface area contributed by atoms with E-state index in [2.05, 4.69) is 35.9 Å². The number of halogens is 1. The Balaban J connectivity index is 2.81. The van der Waals surface area contributed by atoms with Crippen LogP contribution in [0.5, 0.6) is 0 Å². The third-order valence-electron chi connectivity index (χ3n) is 2.02.